The van der Waals surface area contributed by atoms with E-state index < -0.39 is 0 Å². The van der Waals surface area contributed by atoms with Gasteiger partial charge in [0.05, 0.1) is 6.54 Å². The van der Waals surface area contributed by atoms with Crippen LogP contribution < -0.4 is 10.6 Å². The van der Waals surface area contributed by atoms with E-state index in [1.54, 1.807) is 0 Å². The molecule has 0 radical (unpaired) electrons. The van der Waals surface area contributed by atoms with Gasteiger partial charge in [-0.15, -0.1) is 0 Å². The van der Waals surface area contributed by atoms with Crippen LogP contribution in [0.1, 0.15) is 34.8 Å². The van der Waals surface area contributed by atoms with Gasteiger partial charge in [-0.3, -0.25) is 9.78 Å². The second-order valence-electron chi connectivity index (χ2n) is 5.45. The molecule has 0 spiro atoms. The minimum atomic E-state index is -0.0836. The van der Waals surface area contributed by atoms with Crippen molar-refractivity contribution in [2.45, 2.75) is 32.4 Å². The molecule has 0 unspecified atom stereocenters. The minimum absolute atomic E-state index is 0.0836. The lowest BCUT2D eigenvalue weighted by atomic mass is 10.2. The van der Waals surface area contributed by atoms with Gasteiger partial charge in [0, 0.05) is 37.7 Å². The molecule has 2 aromatic rings. The molecule has 2 aromatic heterocycles. The normalized spacial score (nSPS) is 13.6. The zero-order valence-corrected chi connectivity index (χ0v) is 12.6. The van der Waals surface area contributed by atoms with E-state index in [1.165, 1.54) is 0 Å². The van der Waals surface area contributed by atoms with Crippen molar-refractivity contribution in [3.05, 3.63) is 47.8 Å². The summed E-state index contributed by atoms with van der Waals surface area (Å²) in [5.41, 5.74) is 1.62. The van der Waals surface area contributed by atoms with Gasteiger partial charge in [0.15, 0.2) is 0 Å². The highest BCUT2D eigenvalue weighted by molar-refractivity contribution is 5.92. The molecule has 0 aliphatic carbocycles. The summed E-state index contributed by atoms with van der Waals surface area (Å²) in [7, 11) is 0. The number of carbonyl (C=O) groups excluding carboxylic acids is 1. The number of nitrogens with one attached hydrogen (secondary N) is 2. The number of aryl methyl sites for hydroxylation is 1. The molecule has 1 aliphatic heterocycles. The van der Waals surface area contributed by atoms with Gasteiger partial charge in [0.1, 0.15) is 11.5 Å². The highest BCUT2D eigenvalue weighted by atomic mass is 16.1. The first-order valence-corrected chi connectivity index (χ1v) is 7.78. The van der Waals surface area contributed by atoms with Gasteiger partial charge in [-0.2, -0.15) is 0 Å². The van der Waals surface area contributed by atoms with Crippen molar-refractivity contribution < 1.29 is 4.79 Å². The summed E-state index contributed by atoms with van der Waals surface area (Å²) >= 11 is 0. The maximum absolute atomic E-state index is 12.1. The predicted molar refractivity (Wildman–Crippen MR) is 83.4 cm³/mol. The molecule has 0 aromatic carbocycles. The van der Waals surface area contributed by atoms with Crippen LogP contribution in [0.3, 0.4) is 0 Å². The van der Waals surface area contributed by atoms with Crippen molar-refractivity contribution in [1.29, 1.82) is 0 Å². The molecule has 22 heavy (non-hydrogen) atoms. The van der Waals surface area contributed by atoms with Crippen LogP contribution in [0, 0.1) is 0 Å². The van der Waals surface area contributed by atoms with Gasteiger partial charge in [-0.1, -0.05) is 6.07 Å². The van der Waals surface area contributed by atoms with Crippen molar-refractivity contribution in [3.63, 3.8) is 0 Å². The van der Waals surface area contributed by atoms with E-state index in [4.69, 9.17) is 0 Å². The van der Waals surface area contributed by atoms with Crippen LogP contribution in [-0.2, 0) is 19.5 Å². The van der Waals surface area contributed by atoms with Crippen LogP contribution in [0.2, 0.25) is 0 Å². The predicted octanol–water partition coefficient (Wildman–Crippen LogP) is 1.13. The fourth-order valence-electron chi connectivity index (χ4n) is 2.57. The van der Waals surface area contributed by atoms with Crippen LogP contribution in [0.4, 0.5) is 0 Å². The first kappa shape index (κ1) is 14.7. The highest BCUT2D eigenvalue weighted by Gasteiger charge is 2.15. The lowest BCUT2D eigenvalue weighted by Crippen LogP contribution is -2.27. The molecule has 0 atom stereocenters. The average molecular weight is 299 g/mol. The number of aromatic nitrogens is 3. The molecule has 6 nitrogen and oxygen atoms in total. The summed E-state index contributed by atoms with van der Waals surface area (Å²) in [6.07, 6.45) is 6.56. The van der Waals surface area contributed by atoms with Gasteiger partial charge in [0.2, 0.25) is 0 Å². The SMILES string of the molecule is O=C(NCCCCc1ccccn1)c1cn2c(n1)CNCC2. The molecular formula is C16H21N5O. The molecule has 0 saturated heterocycles. The van der Waals surface area contributed by atoms with Crippen LogP contribution in [0.25, 0.3) is 0 Å². The van der Waals surface area contributed by atoms with E-state index in [0.29, 0.717) is 12.2 Å². The number of unbranched alkanes of at least 4 members (excludes halogenated alkanes) is 1. The Kier molecular flexibility index (Phi) is 4.80. The lowest BCUT2D eigenvalue weighted by molar-refractivity contribution is 0.0948. The molecule has 3 heterocycles. The number of rotatable bonds is 6. The number of amides is 1. The molecule has 116 valence electrons. The monoisotopic (exact) mass is 299 g/mol. The van der Waals surface area contributed by atoms with Gasteiger partial charge in [-0.05, 0) is 31.4 Å². The summed E-state index contributed by atoms with van der Waals surface area (Å²) in [5.74, 6) is 0.853. The quantitative estimate of drug-likeness (QED) is 0.785. The van der Waals surface area contributed by atoms with E-state index in [-0.39, 0.29) is 5.91 Å². The first-order valence-electron chi connectivity index (χ1n) is 7.78. The second-order valence-corrected chi connectivity index (χ2v) is 5.45. The molecule has 2 N–H and O–H groups in total. The van der Waals surface area contributed by atoms with E-state index in [0.717, 1.165) is 50.4 Å². The largest absolute Gasteiger partial charge is 0.351 e. The standard InChI is InChI=1S/C16H21N5O/c22-16(14-12-21-10-9-17-11-15(21)20-14)19-8-4-2-6-13-5-1-3-7-18-13/h1,3,5,7,12,17H,2,4,6,8-11H2,(H,19,22). The molecule has 1 aliphatic rings. The van der Waals surface area contributed by atoms with Crippen LogP contribution in [-0.4, -0.2) is 33.5 Å². The zero-order chi connectivity index (χ0) is 15.2. The summed E-state index contributed by atoms with van der Waals surface area (Å²) < 4.78 is 2.05. The summed E-state index contributed by atoms with van der Waals surface area (Å²) in [6.45, 7) is 3.21. The first-order chi connectivity index (χ1) is 10.8. The molecule has 3 rings (SSSR count). The van der Waals surface area contributed by atoms with Gasteiger partial charge < -0.3 is 15.2 Å². The summed E-state index contributed by atoms with van der Waals surface area (Å²) in [4.78, 5) is 20.7. The Labute approximate surface area is 130 Å². The Morgan fingerprint density at radius 2 is 2.32 bits per heavy atom. The average Bonchev–Trinajstić information content (AvgIpc) is 2.99. The number of imidazole rings is 1. The van der Waals surface area contributed by atoms with E-state index in [9.17, 15) is 4.79 Å². The third-order valence-electron chi connectivity index (χ3n) is 3.78. The molecule has 0 saturated carbocycles. The van der Waals surface area contributed by atoms with E-state index in [2.05, 4.69) is 20.6 Å². The third-order valence-corrected chi connectivity index (χ3v) is 3.78. The van der Waals surface area contributed by atoms with Crippen LogP contribution >= 0.6 is 0 Å². The number of fused-ring (bicyclic) bond motifs is 1. The summed E-state index contributed by atoms with van der Waals surface area (Å²) in [6, 6.07) is 5.95. The van der Waals surface area contributed by atoms with Crippen molar-refractivity contribution >= 4 is 5.91 Å². The van der Waals surface area contributed by atoms with E-state index in [1.807, 2.05) is 35.2 Å². The Bertz CT molecular complexity index is 599. The molecular weight excluding hydrogens is 278 g/mol. The Balaban J connectivity index is 1.40. The Morgan fingerprint density at radius 1 is 1.36 bits per heavy atom. The molecule has 0 fully saturated rings. The fourth-order valence-corrected chi connectivity index (χ4v) is 2.57. The Morgan fingerprint density at radius 3 is 3.14 bits per heavy atom. The van der Waals surface area contributed by atoms with E-state index >= 15 is 0 Å². The van der Waals surface area contributed by atoms with Crippen molar-refractivity contribution in [2.24, 2.45) is 0 Å². The maximum Gasteiger partial charge on any atom is 0.271 e. The topological polar surface area (TPSA) is 71.8 Å². The lowest BCUT2D eigenvalue weighted by Gasteiger charge is -2.13. The van der Waals surface area contributed by atoms with Crippen molar-refractivity contribution in [2.75, 3.05) is 13.1 Å². The number of pyridine rings is 1. The molecule has 6 heteroatoms. The number of nitrogens with zero attached hydrogens (tertiary/aromatic N) is 3. The van der Waals surface area contributed by atoms with Crippen molar-refractivity contribution in [1.82, 2.24) is 25.2 Å². The van der Waals surface area contributed by atoms with Gasteiger partial charge in [0.25, 0.3) is 5.91 Å². The minimum Gasteiger partial charge on any atom is -0.351 e. The fraction of sp³-hybridized carbons (Fsp3) is 0.438. The van der Waals surface area contributed by atoms with Gasteiger partial charge >= 0.3 is 0 Å². The Hall–Kier alpha value is -2.21. The maximum atomic E-state index is 12.1. The number of hydrogen-bond acceptors (Lipinski definition) is 4. The second kappa shape index (κ2) is 7.17. The van der Waals surface area contributed by atoms with Crippen LogP contribution in [0.5, 0.6) is 0 Å². The van der Waals surface area contributed by atoms with Gasteiger partial charge in [-0.25, -0.2) is 4.98 Å². The van der Waals surface area contributed by atoms with Crippen LogP contribution in [0.15, 0.2) is 30.6 Å². The summed E-state index contributed by atoms with van der Waals surface area (Å²) in [5, 5.41) is 6.19. The zero-order valence-electron chi connectivity index (χ0n) is 12.6. The molecule has 0 bridgehead atoms. The number of hydrogen-bond donors (Lipinski definition) is 2. The number of carbonyl (C=O) groups is 1. The smallest absolute Gasteiger partial charge is 0.271 e. The highest BCUT2D eigenvalue weighted by Crippen LogP contribution is 2.07. The third kappa shape index (κ3) is 3.71. The van der Waals surface area contributed by atoms with Crippen molar-refractivity contribution in [3.8, 4) is 0 Å². The molecule has 1 amide bonds.